The molecule has 3 heteroatoms. The first-order valence-electron chi connectivity index (χ1n) is 21.2. The van der Waals surface area contributed by atoms with E-state index in [0.717, 1.165) is 17.1 Å². The molecular weight excluding hydrogens is 775 g/mol. The largest absolute Gasteiger partial charge is 0.310 e. The van der Waals surface area contributed by atoms with Crippen molar-refractivity contribution < 1.29 is 0 Å². The van der Waals surface area contributed by atoms with Crippen LogP contribution in [0, 0.1) is 0 Å². The molecule has 61 heavy (non-hydrogen) atoms. The molecule has 0 amide bonds. The summed E-state index contributed by atoms with van der Waals surface area (Å²) in [5, 5.41) is 2.62. The molecule has 0 bridgehead atoms. The number of fused-ring (bicyclic) bond motifs is 15. The van der Waals surface area contributed by atoms with Gasteiger partial charge in [0.05, 0.1) is 11.1 Å². The van der Waals surface area contributed by atoms with E-state index >= 15 is 0 Å². The first kappa shape index (κ1) is 35.1. The minimum atomic E-state index is -0.478. The average molecular weight is 814 g/mol. The van der Waals surface area contributed by atoms with E-state index in [4.69, 9.17) is 0 Å². The first-order valence-corrected chi connectivity index (χ1v) is 22.8. The zero-order valence-electron chi connectivity index (χ0n) is 33.8. The molecule has 3 aliphatic rings. The molecule has 1 nitrogen and oxygen atoms in total. The molecular formula is C58H39NS2. The maximum atomic E-state index is 2.55. The van der Waals surface area contributed by atoms with Crippen LogP contribution >= 0.6 is 23.1 Å². The fourth-order valence-corrected chi connectivity index (χ4v) is 13.4. The third-order valence-corrected chi connectivity index (χ3v) is 16.0. The lowest BCUT2D eigenvalue weighted by Crippen LogP contribution is -2.32. The van der Waals surface area contributed by atoms with Crippen molar-refractivity contribution in [3.8, 4) is 33.4 Å². The zero-order valence-corrected chi connectivity index (χ0v) is 35.4. The van der Waals surface area contributed by atoms with E-state index < -0.39 is 5.41 Å². The minimum absolute atomic E-state index is 0.147. The highest BCUT2D eigenvalue weighted by Crippen LogP contribution is 2.63. The molecule has 0 N–H and O–H groups in total. The van der Waals surface area contributed by atoms with Crippen LogP contribution in [-0.4, -0.2) is 0 Å². The molecule has 10 aromatic rings. The Balaban J connectivity index is 1.10. The van der Waals surface area contributed by atoms with Crippen LogP contribution in [0.5, 0.6) is 0 Å². The van der Waals surface area contributed by atoms with E-state index in [1.54, 1.807) is 0 Å². The lowest BCUT2D eigenvalue weighted by atomic mass is 9.67. The number of rotatable bonds is 4. The summed E-state index contributed by atoms with van der Waals surface area (Å²) in [6, 6.07) is 75.5. The molecule has 13 rings (SSSR count). The standard InChI is InChI=1S/C58H39NS2/c1-57(2)45-22-8-3-16-38(45)41-32-30-36(34-49(41)57)59(51-26-12-6-19-42(51)43-21-15-29-55-56(43)44-20-7-13-27-52(44)60-55)37-31-33-54-50(35-37)58(48-25-11-14-28-53(48)61-54)46-23-9-4-17-39(46)40-18-5-10-24-47(40)58/h3-35H,1-2H3. The molecule has 0 fully saturated rings. The zero-order chi connectivity index (χ0) is 40.5. The Morgan fingerprint density at radius 3 is 1.67 bits per heavy atom. The number of hydrogen-bond donors (Lipinski definition) is 0. The molecule has 0 atom stereocenters. The van der Waals surface area contributed by atoms with Gasteiger partial charge in [0.1, 0.15) is 0 Å². The van der Waals surface area contributed by atoms with E-state index in [-0.39, 0.29) is 5.41 Å². The quantitative estimate of drug-likeness (QED) is 0.174. The van der Waals surface area contributed by atoms with Crippen molar-refractivity contribution in [1.29, 1.82) is 0 Å². The molecule has 2 heterocycles. The lowest BCUT2D eigenvalue weighted by molar-refractivity contribution is 0.660. The molecule has 1 aromatic heterocycles. The van der Waals surface area contributed by atoms with Gasteiger partial charge < -0.3 is 4.90 Å². The number of para-hydroxylation sites is 1. The van der Waals surface area contributed by atoms with Gasteiger partial charge in [0.15, 0.2) is 0 Å². The van der Waals surface area contributed by atoms with Crippen molar-refractivity contribution >= 4 is 60.3 Å². The molecule has 1 spiro atoms. The SMILES string of the molecule is CC1(C)c2ccccc2-c2ccc(N(c3ccc4c(c3)C3(c5ccccc5S4)c4ccccc4-c4ccccc43)c3ccccc3-c3cccc4sc5ccccc5c34)cc21. The topological polar surface area (TPSA) is 3.24 Å². The van der Waals surface area contributed by atoms with Crippen molar-refractivity contribution in [1.82, 2.24) is 0 Å². The molecule has 0 radical (unpaired) electrons. The van der Waals surface area contributed by atoms with Gasteiger partial charge in [0, 0.05) is 52.3 Å². The van der Waals surface area contributed by atoms with Gasteiger partial charge in [-0.05, 0) is 116 Å². The van der Waals surface area contributed by atoms with Crippen molar-refractivity contribution in [3.63, 3.8) is 0 Å². The summed E-state index contributed by atoms with van der Waals surface area (Å²) < 4.78 is 2.62. The second-order valence-electron chi connectivity index (χ2n) is 17.1. The number of anilines is 3. The van der Waals surface area contributed by atoms with E-state index in [9.17, 15) is 0 Å². The highest BCUT2D eigenvalue weighted by atomic mass is 32.2. The van der Waals surface area contributed by atoms with E-state index in [1.165, 1.54) is 96.7 Å². The molecule has 2 aliphatic carbocycles. The van der Waals surface area contributed by atoms with Crippen LogP contribution in [-0.2, 0) is 10.8 Å². The van der Waals surface area contributed by atoms with Crippen LogP contribution in [0.4, 0.5) is 17.1 Å². The molecule has 0 saturated carbocycles. The summed E-state index contributed by atoms with van der Waals surface area (Å²) in [6.07, 6.45) is 0. The van der Waals surface area contributed by atoms with E-state index in [2.05, 4.69) is 219 Å². The Morgan fingerprint density at radius 1 is 0.377 bits per heavy atom. The second-order valence-corrected chi connectivity index (χ2v) is 19.3. The van der Waals surface area contributed by atoms with Gasteiger partial charge in [-0.15, -0.1) is 11.3 Å². The molecule has 0 unspecified atom stereocenters. The van der Waals surface area contributed by atoms with Crippen LogP contribution < -0.4 is 4.90 Å². The van der Waals surface area contributed by atoms with Crippen LogP contribution in [0.1, 0.15) is 47.2 Å². The van der Waals surface area contributed by atoms with Crippen LogP contribution in [0.3, 0.4) is 0 Å². The Morgan fingerprint density at radius 2 is 0.902 bits per heavy atom. The molecule has 1 aliphatic heterocycles. The highest BCUT2D eigenvalue weighted by molar-refractivity contribution is 7.99. The third-order valence-electron chi connectivity index (χ3n) is 13.8. The Labute approximate surface area is 364 Å². The summed E-state index contributed by atoms with van der Waals surface area (Å²) in [7, 11) is 0. The summed E-state index contributed by atoms with van der Waals surface area (Å²) >= 11 is 3.78. The Kier molecular flexibility index (Phi) is 7.45. The van der Waals surface area contributed by atoms with Crippen LogP contribution in [0.2, 0.25) is 0 Å². The van der Waals surface area contributed by atoms with Gasteiger partial charge in [-0.25, -0.2) is 0 Å². The maximum Gasteiger partial charge on any atom is 0.0736 e. The van der Waals surface area contributed by atoms with Crippen molar-refractivity contribution in [3.05, 3.63) is 234 Å². The predicted octanol–water partition coefficient (Wildman–Crippen LogP) is 16.3. The predicted molar refractivity (Wildman–Crippen MR) is 258 cm³/mol. The minimum Gasteiger partial charge on any atom is -0.310 e. The van der Waals surface area contributed by atoms with Gasteiger partial charge in [-0.1, -0.05) is 171 Å². The van der Waals surface area contributed by atoms with Crippen molar-refractivity contribution in [2.75, 3.05) is 4.90 Å². The van der Waals surface area contributed by atoms with E-state index in [0.29, 0.717) is 0 Å². The van der Waals surface area contributed by atoms with Crippen molar-refractivity contribution in [2.45, 2.75) is 34.5 Å². The normalized spacial score (nSPS) is 14.6. The Bertz CT molecular complexity index is 3410. The molecule has 288 valence electrons. The fraction of sp³-hybridized carbons (Fsp3) is 0.0690. The smallest absolute Gasteiger partial charge is 0.0736 e. The van der Waals surface area contributed by atoms with Crippen LogP contribution in [0.15, 0.2) is 210 Å². The second kappa shape index (κ2) is 12.9. The van der Waals surface area contributed by atoms with Gasteiger partial charge in [0.25, 0.3) is 0 Å². The Hall–Kier alpha value is -6.65. The first-order chi connectivity index (χ1) is 30.0. The summed E-state index contributed by atoms with van der Waals surface area (Å²) in [6.45, 7) is 4.77. The summed E-state index contributed by atoms with van der Waals surface area (Å²) in [4.78, 5) is 5.16. The number of hydrogen-bond acceptors (Lipinski definition) is 3. The number of thiophene rings is 1. The fourth-order valence-electron chi connectivity index (χ4n) is 11.1. The monoisotopic (exact) mass is 813 g/mol. The lowest BCUT2D eigenvalue weighted by Gasteiger charge is -2.40. The van der Waals surface area contributed by atoms with Crippen molar-refractivity contribution in [2.24, 2.45) is 0 Å². The summed E-state index contributed by atoms with van der Waals surface area (Å²) in [5.41, 5.74) is 18.7. The molecule has 9 aromatic carbocycles. The molecule has 0 saturated heterocycles. The van der Waals surface area contributed by atoms with Gasteiger partial charge in [0.2, 0.25) is 0 Å². The highest BCUT2D eigenvalue weighted by Gasteiger charge is 2.50. The average Bonchev–Trinajstić information content (AvgIpc) is 3.91. The number of nitrogens with zero attached hydrogens (tertiary/aromatic N) is 1. The van der Waals surface area contributed by atoms with E-state index in [1.807, 2.05) is 23.1 Å². The van der Waals surface area contributed by atoms with Gasteiger partial charge in [-0.2, -0.15) is 0 Å². The van der Waals surface area contributed by atoms with Crippen LogP contribution in [0.25, 0.3) is 53.6 Å². The summed E-state index contributed by atoms with van der Waals surface area (Å²) in [5.74, 6) is 0. The van der Waals surface area contributed by atoms with Gasteiger partial charge in [-0.3, -0.25) is 0 Å². The van der Waals surface area contributed by atoms with Gasteiger partial charge >= 0.3 is 0 Å². The third kappa shape index (κ3) is 4.79. The number of benzene rings is 9. The maximum absolute atomic E-state index is 2.55.